The molecule has 142 valence electrons. The molecule has 0 aromatic heterocycles. The highest BCUT2D eigenvalue weighted by Gasteiger charge is 2.08. The zero-order chi connectivity index (χ0) is 19.5. The third-order valence-corrected chi connectivity index (χ3v) is 3.59. The maximum Gasteiger partial charge on any atom is 0.224 e. The van der Waals surface area contributed by atoms with E-state index in [-0.39, 0.29) is 23.8 Å². The molecule has 0 saturated carbocycles. The Balaban J connectivity index is 0.00000163. The summed E-state index contributed by atoms with van der Waals surface area (Å²) >= 11 is 0. The molecule has 0 unspecified atom stereocenters. The van der Waals surface area contributed by atoms with Crippen molar-refractivity contribution >= 4 is 5.91 Å². The van der Waals surface area contributed by atoms with Gasteiger partial charge in [0.2, 0.25) is 5.91 Å². The summed E-state index contributed by atoms with van der Waals surface area (Å²) in [5, 5.41) is 21.9. The Morgan fingerprint density at radius 1 is 0.923 bits per heavy atom. The van der Waals surface area contributed by atoms with Gasteiger partial charge in [-0.05, 0) is 41.8 Å². The predicted molar refractivity (Wildman–Crippen MR) is 101 cm³/mol. The molecule has 0 bridgehead atoms. The first-order valence-electron chi connectivity index (χ1n) is 8.52. The van der Waals surface area contributed by atoms with E-state index in [9.17, 15) is 15.0 Å². The van der Waals surface area contributed by atoms with Gasteiger partial charge in [0.05, 0.1) is 20.6 Å². The van der Waals surface area contributed by atoms with Crippen molar-refractivity contribution in [1.82, 2.24) is 5.32 Å². The second kappa shape index (κ2) is 10.9. The van der Waals surface area contributed by atoms with Crippen LogP contribution in [0.2, 0.25) is 0 Å². The van der Waals surface area contributed by atoms with E-state index in [2.05, 4.69) is 5.32 Å². The molecule has 6 nitrogen and oxygen atoms in total. The molecule has 0 fully saturated rings. The summed E-state index contributed by atoms with van der Waals surface area (Å²) < 4.78 is 10.1. The topological polar surface area (TPSA) is 88.0 Å². The van der Waals surface area contributed by atoms with E-state index < -0.39 is 0 Å². The lowest BCUT2D eigenvalue weighted by atomic mass is 10.1. The molecule has 1 amide bonds. The highest BCUT2D eigenvalue weighted by atomic mass is 16.5. The highest BCUT2D eigenvalue weighted by Crippen LogP contribution is 2.27. The molecular weight excluding hydrogens is 334 g/mol. The molecule has 2 aromatic carbocycles. The number of nitrogens with one attached hydrogen (secondary N) is 1. The smallest absolute Gasteiger partial charge is 0.224 e. The summed E-state index contributed by atoms with van der Waals surface area (Å²) in [4.78, 5) is 12.0. The Morgan fingerprint density at radius 2 is 1.42 bits per heavy atom. The van der Waals surface area contributed by atoms with Gasteiger partial charge in [-0.15, -0.1) is 0 Å². The number of hydrogen-bond acceptors (Lipinski definition) is 5. The normalized spacial score (nSPS) is 9.69. The van der Waals surface area contributed by atoms with Crippen LogP contribution in [0.3, 0.4) is 0 Å². The number of phenolic OH excluding ortho intramolecular Hbond substituents is 2. The molecule has 2 rings (SSSR count). The summed E-state index contributed by atoms with van der Waals surface area (Å²) in [6.45, 7) is 4.47. The van der Waals surface area contributed by atoms with Crippen LogP contribution in [-0.2, 0) is 17.6 Å². The third-order valence-electron chi connectivity index (χ3n) is 3.59. The fraction of sp³-hybridized carbons (Fsp3) is 0.350. The fourth-order valence-electron chi connectivity index (χ4n) is 2.30. The lowest BCUT2D eigenvalue weighted by molar-refractivity contribution is -0.120. The molecule has 2 aromatic rings. The summed E-state index contributed by atoms with van der Waals surface area (Å²) in [5.74, 6) is 0.773. The molecule has 6 heteroatoms. The molecule has 0 atom stereocenters. The number of carbonyl (C=O) groups is 1. The van der Waals surface area contributed by atoms with Crippen molar-refractivity contribution in [3.05, 3.63) is 47.5 Å². The maximum atomic E-state index is 12.0. The maximum absolute atomic E-state index is 12.0. The van der Waals surface area contributed by atoms with Gasteiger partial charge in [0, 0.05) is 6.54 Å². The number of hydrogen-bond donors (Lipinski definition) is 3. The van der Waals surface area contributed by atoms with Crippen molar-refractivity contribution in [1.29, 1.82) is 0 Å². The van der Waals surface area contributed by atoms with Crippen molar-refractivity contribution in [2.75, 3.05) is 20.8 Å². The molecule has 0 aliphatic rings. The van der Waals surface area contributed by atoms with Crippen LogP contribution >= 0.6 is 0 Å². The second-order valence-electron chi connectivity index (χ2n) is 5.29. The second-order valence-corrected chi connectivity index (χ2v) is 5.29. The zero-order valence-electron chi connectivity index (χ0n) is 15.7. The molecule has 0 spiro atoms. The highest BCUT2D eigenvalue weighted by molar-refractivity contribution is 5.78. The van der Waals surface area contributed by atoms with E-state index in [1.54, 1.807) is 30.3 Å². The molecule has 0 heterocycles. The SMILES string of the molecule is CC.COc1cc(CCNC(=O)Cc2ccc(O)c(OC)c2)ccc1O. The predicted octanol–water partition coefficient (Wildman–Crippen LogP) is 3.04. The van der Waals surface area contributed by atoms with Crippen molar-refractivity contribution < 1.29 is 24.5 Å². The molecule has 26 heavy (non-hydrogen) atoms. The van der Waals surface area contributed by atoms with Gasteiger partial charge in [-0.2, -0.15) is 0 Å². The quantitative estimate of drug-likeness (QED) is 0.705. The minimum absolute atomic E-state index is 0.0444. The van der Waals surface area contributed by atoms with Crippen molar-refractivity contribution in [2.45, 2.75) is 26.7 Å². The van der Waals surface area contributed by atoms with Gasteiger partial charge in [-0.25, -0.2) is 0 Å². The van der Waals surface area contributed by atoms with Crippen LogP contribution in [0.4, 0.5) is 0 Å². The molecule has 0 aliphatic heterocycles. The summed E-state index contributed by atoms with van der Waals surface area (Å²) in [7, 11) is 2.96. The monoisotopic (exact) mass is 361 g/mol. The average Bonchev–Trinajstić information content (AvgIpc) is 2.66. The number of ether oxygens (including phenoxy) is 2. The minimum Gasteiger partial charge on any atom is -0.504 e. The molecule has 0 aliphatic carbocycles. The van der Waals surface area contributed by atoms with Crippen LogP contribution in [0.25, 0.3) is 0 Å². The van der Waals surface area contributed by atoms with Gasteiger partial charge >= 0.3 is 0 Å². The number of rotatable bonds is 7. The van der Waals surface area contributed by atoms with E-state index in [1.807, 2.05) is 13.8 Å². The zero-order valence-corrected chi connectivity index (χ0v) is 15.7. The van der Waals surface area contributed by atoms with Crippen LogP contribution in [0, 0.1) is 0 Å². The van der Waals surface area contributed by atoms with Crippen molar-refractivity contribution in [3.63, 3.8) is 0 Å². The van der Waals surface area contributed by atoms with Gasteiger partial charge < -0.3 is 25.0 Å². The van der Waals surface area contributed by atoms with Crippen LogP contribution in [0.5, 0.6) is 23.0 Å². The van der Waals surface area contributed by atoms with Crippen molar-refractivity contribution in [3.8, 4) is 23.0 Å². The molecule has 0 saturated heterocycles. The first-order chi connectivity index (χ1) is 12.5. The summed E-state index contributed by atoms with van der Waals surface area (Å²) in [6.07, 6.45) is 0.830. The Labute approximate surface area is 154 Å². The Bertz CT molecular complexity index is 715. The van der Waals surface area contributed by atoms with Gasteiger partial charge in [0.1, 0.15) is 0 Å². The van der Waals surface area contributed by atoms with E-state index in [0.29, 0.717) is 24.5 Å². The average molecular weight is 361 g/mol. The minimum atomic E-state index is -0.117. The number of phenols is 2. The molecule has 0 radical (unpaired) electrons. The summed E-state index contributed by atoms with van der Waals surface area (Å²) in [6, 6.07) is 9.92. The van der Waals surface area contributed by atoms with Gasteiger partial charge in [-0.3, -0.25) is 4.79 Å². The standard InChI is InChI=1S/C18H21NO5.C2H6/c1-23-16-9-12(3-5-14(16)20)7-8-19-18(22)11-13-4-6-15(21)17(10-13)24-2;1-2/h3-6,9-10,20-21H,7-8,11H2,1-2H3,(H,19,22);1-2H3. The van der Waals surface area contributed by atoms with Crippen molar-refractivity contribution in [2.24, 2.45) is 0 Å². The van der Waals surface area contributed by atoms with E-state index in [0.717, 1.165) is 11.1 Å². The fourth-order valence-corrected chi connectivity index (χ4v) is 2.30. The van der Waals surface area contributed by atoms with Crippen LogP contribution in [-0.4, -0.2) is 36.9 Å². The van der Waals surface area contributed by atoms with Crippen LogP contribution in [0.1, 0.15) is 25.0 Å². The first kappa shape index (κ1) is 21.2. The number of benzene rings is 2. The lowest BCUT2D eigenvalue weighted by Crippen LogP contribution is -2.27. The first-order valence-corrected chi connectivity index (χ1v) is 8.52. The van der Waals surface area contributed by atoms with Crippen LogP contribution < -0.4 is 14.8 Å². The molecular formula is C20H27NO5. The lowest BCUT2D eigenvalue weighted by Gasteiger charge is -2.09. The largest absolute Gasteiger partial charge is 0.504 e. The van der Waals surface area contributed by atoms with E-state index >= 15 is 0 Å². The van der Waals surface area contributed by atoms with Gasteiger partial charge in [0.15, 0.2) is 23.0 Å². The number of carbonyl (C=O) groups excluding carboxylic acids is 1. The Hall–Kier alpha value is -2.89. The number of amides is 1. The number of aromatic hydroxyl groups is 2. The van der Waals surface area contributed by atoms with Gasteiger partial charge in [-0.1, -0.05) is 26.0 Å². The molecule has 3 N–H and O–H groups in total. The summed E-state index contributed by atoms with van der Waals surface area (Å²) in [5.41, 5.74) is 1.71. The van der Waals surface area contributed by atoms with Gasteiger partial charge in [0.25, 0.3) is 0 Å². The Kier molecular flexibility index (Phi) is 8.84. The number of methoxy groups -OCH3 is 2. The van der Waals surface area contributed by atoms with E-state index in [1.165, 1.54) is 20.3 Å². The Morgan fingerprint density at radius 3 is 1.96 bits per heavy atom. The third kappa shape index (κ3) is 6.20. The van der Waals surface area contributed by atoms with Crippen LogP contribution in [0.15, 0.2) is 36.4 Å². The van der Waals surface area contributed by atoms with E-state index in [4.69, 9.17) is 9.47 Å².